The van der Waals surface area contributed by atoms with Crippen molar-refractivity contribution < 1.29 is 9.47 Å². The van der Waals surface area contributed by atoms with Crippen molar-refractivity contribution in [1.82, 2.24) is 4.90 Å². The second-order valence-corrected chi connectivity index (χ2v) is 4.56. The van der Waals surface area contributed by atoms with Gasteiger partial charge in [0.05, 0.1) is 25.4 Å². The van der Waals surface area contributed by atoms with Gasteiger partial charge in [-0.2, -0.15) is 0 Å². The van der Waals surface area contributed by atoms with Gasteiger partial charge in [0.1, 0.15) is 0 Å². The molecule has 1 rings (SSSR count). The summed E-state index contributed by atoms with van der Waals surface area (Å²) < 4.78 is 11.0. The zero-order valence-corrected chi connectivity index (χ0v) is 9.85. The maximum Gasteiger partial charge on any atom is 0.0753 e. The summed E-state index contributed by atoms with van der Waals surface area (Å²) in [5, 5.41) is 0. The van der Waals surface area contributed by atoms with Crippen molar-refractivity contribution in [3.05, 3.63) is 0 Å². The maximum atomic E-state index is 5.62. The Kier molecular flexibility index (Phi) is 5.17. The van der Waals surface area contributed by atoms with Gasteiger partial charge < -0.3 is 9.47 Å². The summed E-state index contributed by atoms with van der Waals surface area (Å²) >= 11 is 5.51. The quantitative estimate of drug-likeness (QED) is 0.517. The monoisotopic (exact) mass is 221 g/mol. The Morgan fingerprint density at radius 3 is 2.86 bits per heavy atom. The Morgan fingerprint density at radius 1 is 1.43 bits per heavy atom. The summed E-state index contributed by atoms with van der Waals surface area (Å²) in [7, 11) is 0. The van der Waals surface area contributed by atoms with E-state index >= 15 is 0 Å². The molecule has 1 fully saturated rings. The van der Waals surface area contributed by atoms with Crippen LogP contribution in [0.2, 0.25) is 0 Å². The van der Waals surface area contributed by atoms with E-state index in [1.807, 2.05) is 0 Å². The molecule has 0 aromatic rings. The van der Waals surface area contributed by atoms with E-state index in [-0.39, 0.29) is 5.60 Å². The summed E-state index contributed by atoms with van der Waals surface area (Å²) in [6.07, 6.45) is 0. The standard InChI is InChI=1S/C10H20ClNO2/c1-10(2)9-12(5-8-14-10)4-7-13-6-3-11/h3-9H2,1-2H3. The van der Waals surface area contributed by atoms with E-state index in [1.165, 1.54) is 0 Å². The van der Waals surface area contributed by atoms with Gasteiger partial charge in [-0.05, 0) is 13.8 Å². The van der Waals surface area contributed by atoms with Crippen molar-refractivity contribution in [3.63, 3.8) is 0 Å². The molecule has 84 valence electrons. The van der Waals surface area contributed by atoms with E-state index in [4.69, 9.17) is 21.1 Å². The average Bonchev–Trinajstić information content (AvgIpc) is 2.11. The molecule has 1 aliphatic heterocycles. The van der Waals surface area contributed by atoms with Crippen LogP contribution < -0.4 is 0 Å². The van der Waals surface area contributed by atoms with Crippen LogP contribution in [0.1, 0.15) is 13.8 Å². The van der Waals surface area contributed by atoms with Crippen LogP contribution >= 0.6 is 11.6 Å². The molecule has 1 saturated heterocycles. The van der Waals surface area contributed by atoms with E-state index in [1.54, 1.807) is 0 Å². The predicted octanol–water partition coefficient (Wildman–Crippen LogP) is 1.35. The van der Waals surface area contributed by atoms with Gasteiger partial charge in [0.2, 0.25) is 0 Å². The number of halogens is 1. The van der Waals surface area contributed by atoms with Gasteiger partial charge in [-0.3, -0.25) is 4.90 Å². The molecule has 0 atom stereocenters. The van der Waals surface area contributed by atoms with E-state index in [0.29, 0.717) is 12.5 Å². The summed E-state index contributed by atoms with van der Waals surface area (Å²) in [6, 6.07) is 0. The highest BCUT2D eigenvalue weighted by atomic mass is 35.5. The topological polar surface area (TPSA) is 21.7 Å². The molecule has 1 aliphatic rings. The van der Waals surface area contributed by atoms with Gasteiger partial charge in [0, 0.05) is 25.5 Å². The highest BCUT2D eigenvalue weighted by Gasteiger charge is 2.26. The van der Waals surface area contributed by atoms with Crippen LogP contribution in [-0.2, 0) is 9.47 Å². The fourth-order valence-corrected chi connectivity index (χ4v) is 1.76. The van der Waals surface area contributed by atoms with E-state index in [2.05, 4.69) is 18.7 Å². The fourth-order valence-electron chi connectivity index (χ4n) is 1.66. The summed E-state index contributed by atoms with van der Waals surface area (Å²) in [6.45, 7) is 9.45. The molecule has 14 heavy (non-hydrogen) atoms. The van der Waals surface area contributed by atoms with Crippen LogP contribution in [-0.4, -0.2) is 55.8 Å². The summed E-state index contributed by atoms with van der Waals surface area (Å²) in [4.78, 5) is 2.37. The molecular weight excluding hydrogens is 202 g/mol. The van der Waals surface area contributed by atoms with Crippen LogP contribution in [0.4, 0.5) is 0 Å². The lowest BCUT2D eigenvalue weighted by Crippen LogP contribution is -2.49. The van der Waals surface area contributed by atoms with Crippen molar-refractivity contribution in [2.75, 3.05) is 45.3 Å². The van der Waals surface area contributed by atoms with Crippen molar-refractivity contribution in [1.29, 1.82) is 0 Å². The zero-order chi connectivity index (χ0) is 10.4. The molecular formula is C10H20ClNO2. The van der Waals surface area contributed by atoms with Gasteiger partial charge >= 0.3 is 0 Å². The van der Waals surface area contributed by atoms with Crippen molar-refractivity contribution in [2.24, 2.45) is 0 Å². The highest BCUT2D eigenvalue weighted by Crippen LogP contribution is 2.15. The Hall–Kier alpha value is 0.170. The molecule has 0 aromatic carbocycles. The third kappa shape index (κ3) is 4.60. The smallest absolute Gasteiger partial charge is 0.0753 e. The van der Waals surface area contributed by atoms with Crippen molar-refractivity contribution in [3.8, 4) is 0 Å². The second kappa shape index (κ2) is 5.91. The fraction of sp³-hybridized carbons (Fsp3) is 1.00. The molecule has 0 saturated carbocycles. The number of morpholine rings is 1. The Balaban J connectivity index is 2.12. The van der Waals surface area contributed by atoms with Crippen LogP contribution in [0.15, 0.2) is 0 Å². The molecule has 0 aromatic heterocycles. The number of alkyl halides is 1. The highest BCUT2D eigenvalue weighted by molar-refractivity contribution is 6.17. The number of rotatable bonds is 5. The minimum absolute atomic E-state index is 0.00919. The molecule has 0 N–H and O–H groups in total. The van der Waals surface area contributed by atoms with Gasteiger partial charge in [0.15, 0.2) is 0 Å². The minimum atomic E-state index is -0.00919. The van der Waals surface area contributed by atoms with Crippen molar-refractivity contribution in [2.45, 2.75) is 19.4 Å². The molecule has 0 amide bonds. The van der Waals surface area contributed by atoms with E-state index in [9.17, 15) is 0 Å². The third-order valence-corrected chi connectivity index (χ3v) is 2.43. The minimum Gasteiger partial charge on any atom is -0.379 e. The first kappa shape index (κ1) is 12.2. The second-order valence-electron chi connectivity index (χ2n) is 4.19. The predicted molar refractivity (Wildman–Crippen MR) is 58.0 cm³/mol. The molecule has 0 unspecified atom stereocenters. The zero-order valence-electron chi connectivity index (χ0n) is 9.09. The lowest BCUT2D eigenvalue weighted by atomic mass is 10.1. The Bertz CT molecular complexity index is 164. The van der Waals surface area contributed by atoms with Crippen molar-refractivity contribution >= 4 is 11.6 Å². The third-order valence-electron chi connectivity index (χ3n) is 2.28. The van der Waals surface area contributed by atoms with Gasteiger partial charge in [-0.25, -0.2) is 0 Å². The number of hydrogen-bond acceptors (Lipinski definition) is 3. The Morgan fingerprint density at radius 2 is 2.21 bits per heavy atom. The van der Waals surface area contributed by atoms with Crippen LogP contribution in [0.5, 0.6) is 0 Å². The largest absolute Gasteiger partial charge is 0.379 e. The molecule has 3 nitrogen and oxygen atoms in total. The lowest BCUT2D eigenvalue weighted by Gasteiger charge is -2.38. The first-order valence-corrected chi connectivity index (χ1v) is 5.67. The van der Waals surface area contributed by atoms with E-state index in [0.717, 1.165) is 32.8 Å². The summed E-state index contributed by atoms with van der Waals surface area (Å²) in [5.74, 6) is 0.578. The number of nitrogens with zero attached hydrogens (tertiary/aromatic N) is 1. The molecule has 0 spiro atoms. The van der Waals surface area contributed by atoms with Crippen LogP contribution in [0.3, 0.4) is 0 Å². The number of hydrogen-bond donors (Lipinski definition) is 0. The van der Waals surface area contributed by atoms with Crippen LogP contribution in [0, 0.1) is 0 Å². The Labute approximate surface area is 91.3 Å². The lowest BCUT2D eigenvalue weighted by molar-refractivity contribution is -0.0897. The molecule has 0 aliphatic carbocycles. The number of ether oxygens (including phenoxy) is 2. The SMILES string of the molecule is CC1(C)CN(CCOCCCl)CCO1. The van der Waals surface area contributed by atoms with Gasteiger partial charge in [0.25, 0.3) is 0 Å². The normalized spacial score (nSPS) is 22.5. The van der Waals surface area contributed by atoms with Crippen LogP contribution in [0.25, 0.3) is 0 Å². The first-order valence-electron chi connectivity index (χ1n) is 5.14. The maximum absolute atomic E-state index is 5.62. The molecule has 0 radical (unpaired) electrons. The molecule has 0 bridgehead atoms. The summed E-state index contributed by atoms with van der Waals surface area (Å²) in [5.41, 5.74) is -0.00919. The van der Waals surface area contributed by atoms with Gasteiger partial charge in [-0.15, -0.1) is 11.6 Å². The average molecular weight is 222 g/mol. The van der Waals surface area contributed by atoms with E-state index < -0.39 is 0 Å². The molecule has 1 heterocycles. The first-order chi connectivity index (χ1) is 6.64. The van der Waals surface area contributed by atoms with Gasteiger partial charge in [-0.1, -0.05) is 0 Å². The molecule has 4 heteroatoms.